The molecule has 0 aromatic heterocycles. The van der Waals surface area contributed by atoms with Crippen molar-refractivity contribution in [3.63, 3.8) is 0 Å². The van der Waals surface area contributed by atoms with E-state index in [4.69, 9.17) is 9.47 Å². The third-order valence-electron chi connectivity index (χ3n) is 5.14. The monoisotopic (exact) mass is 332 g/mol. The quantitative estimate of drug-likeness (QED) is 0.837. The Labute approximate surface area is 144 Å². The van der Waals surface area contributed by atoms with Crippen molar-refractivity contribution in [1.29, 1.82) is 0 Å². The lowest BCUT2D eigenvalue weighted by Gasteiger charge is -2.33. The molecule has 2 N–H and O–H groups in total. The van der Waals surface area contributed by atoms with Gasteiger partial charge >= 0.3 is 0 Å². The van der Waals surface area contributed by atoms with Gasteiger partial charge in [0.05, 0.1) is 24.2 Å². The van der Waals surface area contributed by atoms with Gasteiger partial charge in [-0.2, -0.15) is 0 Å². The molecule has 1 aromatic carbocycles. The van der Waals surface area contributed by atoms with Crippen LogP contribution in [0.1, 0.15) is 37.4 Å². The lowest BCUT2D eigenvalue weighted by molar-refractivity contribution is -0.135. The van der Waals surface area contributed by atoms with Crippen LogP contribution in [0, 0.1) is 5.92 Å². The summed E-state index contributed by atoms with van der Waals surface area (Å²) in [5.74, 6) is -0.0325. The number of methoxy groups -OCH3 is 1. The third-order valence-corrected chi connectivity index (χ3v) is 5.14. The first kappa shape index (κ1) is 17.4. The van der Waals surface area contributed by atoms with E-state index >= 15 is 0 Å². The fraction of sp³-hybridized carbons (Fsp3) is 0.632. The molecular weight excluding hydrogens is 304 g/mol. The number of hydrogen-bond acceptors (Lipinski definition) is 4. The van der Waals surface area contributed by atoms with Crippen molar-refractivity contribution in [2.45, 2.75) is 37.3 Å². The highest BCUT2D eigenvalue weighted by molar-refractivity contribution is 5.79. The fourth-order valence-electron chi connectivity index (χ4n) is 3.88. The molecule has 0 bridgehead atoms. The van der Waals surface area contributed by atoms with Crippen LogP contribution in [0.4, 0.5) is 0 Å². The smallest absolute Gasteiger partial charge is 0.226 e. The van der Waals surface area contributed by atoms with Crippen LogP contribution >= 0.6 is 0 Å². The molecule has 2 saturated heterocycles. The molecule has 0 saturated carbocycles. The van der Waals surface area contributed by atoms with Crippen molar-refractivity contribution in [1.82, 2.24) is 10.6 Å². The number of carbonyl (C=O) groups is 1. The Hall–Kier alpha value is -1.43. The van der Waals surface area contributed by atoms with Crippen LogP contribution < -0.4 is 10.6 Å². The van der Waals surface area contributed by atoms with Crippen molar-refractivity contribution < 1.29 is 14.3 Å². The number of hydrogen-bond donors (Lipinski definition) is 2. The molecule has 2 fully saturated rings. The average Bonchev–Trinajstić information content (AvgIpc) is 3.10. The number of benzene rings is 1. The van der Waals surface area contributed by atoms with E-state index in [1.807, 2.05) is 30.3 Å². The van der Waals surface area contributed by atoms with Crippen LogP contribution in [0.5, 0.6) is 0 Å². The van der Waals surface area contributed by atoms with Crippen molar-refractivity contribution in [2.75, 3.05) is 33.4 Å². The standard InChI is InChI=1S/C19H28N2O3/c1-23-14-19(10-6-11-21-19)13-20-18(22)16-9-5-12-24-17(16)15-7-3-2-4-8-15/h2-4,7-8,16-17,21H,5-6,9-14H2,1H3,(H,20,22). The highest BCUT2D eigenvalue weighted by Crippen LogP contribution is 2.33. The second-order valence-corrected chi connectivity index (χ2v) is 6.91. The lowest BCUT2D eigenvalue weighted by Crippen LogP contribution is -2.54. The molecule has 24 heavy (non-hydrogen) atoms. The number of carbonyl (C=O) groups excluding carboxylic acids is 1. The van der Waals surface area contributed by atoms with E-state index < -0.39 is 0 Å². The zero-order chi connectivity index (χ0) is 16.8. The summed E-state index contributed by atoms with van der Waals surface area (Å²) in [7, 11) is 1.71. The lowest BCUT2D eigenvalue weighted by atomic mass is 9.88. The maximum atomic E-state index is 12.8. The van der Waals surface area contributed by atoms with Gasteiger partial charge in [0, 0.05) is 20.3 Å². The van der Waals surface area contributed by atoms with Gasteiger partial charge in [-0.25, -0.2) is 0 Å². The molecule has 0 radical (unpaired) electrons. The van der Waals surface area contributed by atoms with Gasteiger partial charge in [-0.1, -0.05) is 30.3 Å². The molecule has 3 atom stereocenters. The van der Waals surface area contributed by atoms with E-state index in [1.54, 1.807) is 7.11 Å². The van der Waals surface area contributed by atoms with E-state index in [-0.39, 0.29) is 23.5 Å². The number of amides is 1. The second-order valence-electron chi connectivity index (χ2n) is 6.91. The molecule has 5 heteroatoms. The number of rotatable bonds is 6. The highest BCUT2D eigenvalue weighted by atomic mass is 16.5. The molecule has 3 rings (SSSR count). The van der Waals surface area contributed by atoms with Gasteiger partial charge in [0.25, 0.3) is 0 Å². The summed E-state index contributed by atoms with van der Waals surface area (Å²) in [6, 6.07) is 10.1. The summed E-state index contributed by atoms with van der Waals surface area (Å²) in [6.07, 6.45) is 3.82. The normalized spacial score (nSPS) is 30.2. The fourth-order valence-corrected chi connectivity index (χ4v) is 3.88. The van der Waals surface area contributed by atoms with Crippen LogP contribution in [-0.2, 0) is 14.3 Å². The van der Waals surface area contributed by atoms with Crippen LogP contribution in [-0.4, -0.2) is 44.9 Å². The Morgan fingerprint density at radius 1 is 1.38 bits per heavy atom. The predicted octanol–water partition coefficient (Wildman–Crippen LogP) is 2.04. The molecule has 1 amide bonds. The van der Waals surface area contributed by atoms with Gasteiger partial charge in [-0.3, -0.25) is 4.79 Å². The van der Waals surface area contributed by atoms with E-state index in [1.165, 1.54) is 0 Å². The molecule has 2 heterocycles. The zero-order valence-corrected chi connectivity index (χ0v) is 14.4. The van der Waals surface area contributed by atoms with Crippen molar-refractivity contribution in [3.05, 3.63) is 35.9 Å². The van der Waals surface area contributed by atoms with Gasteiger partial charge in [0.1, 0.15) is 0 Å². The highest BCUT2D eigenvalue weighted by Gasteiger charge is 2.37. The minimum Gasteiger partial charge on any atom is -0.383 e. The SMILES string of the molecule is COCC1(CNC(=O)C2CCCOC2c2ccccc2)CCCN1. The minimum absolute atomic E-state index is 0.0905. The molecule has 2 aliphatic heterocycles. The Balaban J connectivity index is 1.64. The molecule has 0 aliphatic carbocycles. The summed E-state index contributed by atoms with van der Waals surface area (Å²) < 4.78 is 11.3. The molecule has 0 spiro atoms. The molecule has 1 aromatic rings. The van der Waals surface area contributed by atoms with Gasteiger partial charge in [0.2, 0.25) is 5.91 Å². The molecule has 2 aliphatic rings. The first-order valence-corrected chi connectivity index (χ1v) is 8.92. The predicted molar refractivity (Wildman–Crippen MR) is 92.7 cm³/mol. The molecule has 132 valence electrons. The summed E-state index contributed by atoms with van der Waals surface area (Å²) in [4.78, 5) is 12.8. The number of ether oxygens (including phenoxy) is 2. The topological polar surface area (TPSA) is 59.6 Å². The third kappa shape index (κ3) is 3.97. The van der Waals surface area contributed by atoms with E-state index in [2.05, 4.69) is 10.6 Å². The Bertz CT molecular complexity index is 529. The van der Waals surface area contributed by atoms with Crippen LogP contribution in [0.15, 0.2) is 30.3 Å². The van der Waals surface area contributed by atoms with Crippen LogP contribution in [0.2, 0.25) is 0 Å². The summed E-state index contributed by atoms with van der Waals surface area (Å²) >= 11 is 0. The summed E-state index contributed by atoms with van der Waals surface area (Å²) in [6.45, 7) is 2.94. The molecule has 5 nitrogen and oxygen atoms in total. The maximum Gasteiger partial charge on any atom is 0.226 e. The maximum absolute atomic E-state index is 12.8. The van der Waals surface area contributed by atoms with E-state index in [0.29, 0.717) is 13.2 Å². The minimum atomic E-state index is -0.144. The summed E-state index contributed by atoms with van der Waals surface area (Å²) in [5.41, 5.74) is 0.963. The molecule has 3 unspecified atom stereocenters. The van der Waals surface area contributed by atoms with Gasteiger partial charge in [0.15, 0.2) is 0 Å². The zero-order valence-electron chi connectivity index (χ0n) is 14.4. The van der Waals surface area contributed by atoms with Crippen LogP contribution in [0.25, 0.3) is 0 Å². The average molecular weight is 332 g/mol. The second kappa shape index (κ2) is 8.10. The van der Waals surface area contributed by atoms with Crippen molar-refractivity contribution in [2.24, 2.45) is 5.92 Å². The van der Waals surface area contributed by atoms with E-state index in [0.717, 1.165) is 44.4 Å². The van der Waals surface area contributed by atoms with E-state index in [9.17, 15) is 4.79 Å². The first-order chi connectivity index (χ1) is 11.7. The Kier molecular flexibility index (Phi) is 5.87. The van der Waals surface area contributed by atoms with Crippen LogP contribution in [0.3, 0.4) is 0 Å². The van der Waals surface area contributed by atoms with Crippen molar-refractivity contribution >= 4 is 5.91 Å². The Morgan fingerprint density at radius 3 is 2.92 bits per heavy atom. The van der Waals surface area contributed by atoms with Gasteiger partial charge < -0.3 is 20.1 Å². The summed E-state index contributed by atoms with van der Waals surface area (Å²) in [5, 5.41) is 6.66. The van der Waals surface area contributed by atoms with Gasteiger partial charge in [-0.15, -0.1) is 0 Å². The van der Waals surface area contributed by atoms with Gasteiger partial charge in [-0.05, 0) is 37.8 Å². The molecular formula is C19H28N2O3. The number of nitrogens with one attached hydrogen (secondary N) is 2. The Morgan fingerprint density at radius 2 is 2.21 bits per heavy atom. The first-order valence-electron chi connectivity index (χ1n) is 8.92. The van der Waals surface area contributed by atoms with Crippen molar-refractivity contribution in [3.8, 4) is 0 Å². The largest absolute Gasteiger partial charge is 0.383 e.